The average molecular weight is 388 g/mol. The summed E-state index contributed by atoms with van der Waals surface area (Å²) in [5.74, 6) is 0.774. The summed E-state index contributed by atoms with van der Waals surface area (Å²) in [6.45, 7) is 0.400. The predicted molar refractivity (Wildman–Crippen MR) is 111 cm³/mol. The van der Waals surface area contributed by atoms with Gasteiger partial charge in [0, 0.05) is 7.05 Å². The SMILES string of the molecule is COc1cc(/C=C2/NC(=O)N(C)C2=O)ccc1OCc1cccc2ccccc12. The lowest BCUT2D eigenvalue weighted by molar-refractivity contribution is -0.121. The Balaban J connectivity index is 1.56. The Hall–Kier alpha value is -3.80. The largest absolute Gasteiger partial charge is 0.493 e. The van der Waals surface area contributed by atoms with Gasteiger partial charge >= 0.3 is 6.03 Å². The summed E-state index contributed by atoms with van der Waals surface area (Å²) in [5, 5.41) is 4.85. The van der Waals surface area contributed by atoms with Crippen molar-refractivity contribution in [3.63, 3.8) is 0 Å². The van der Waals surface area contributed by atoms with Gasteiger partial charge in [-0.3, -0.25) is 9.69 Å². The van der Waals surface area contributed by atoms with E-state index in [1.165, 1.54) is 7.05 Å². The zero-order valence-electron chi connectivity index (χ0n) is 16.1. The second-order valence-corrected chi connectivity index (χ2v) is 6.69. The number of amides is 3. The highest BCUT2D eigenvalue weighted by Gasteiger charge is 2.29. The second-order valence-electron chi connectivity index (χ2n) is 6.69. The van der Waals surface area contributed by atoms with Crippen molar-refractivity contribution in [3.8, 4) is 11.5 Å². The molecule has 3 aromatic rings. The second kappa shape index (κ2) is 7.67. The van der Waals surface area contributed by atoms with Crippen molar-refractivity contribution in [1.82, 2.24) is 10.2 Å². The monoisotopic (exact) mass is 388 g/mol. The minimum absolute atomic E-state index is 0.226. The molecule has 0 spiro atoms. The van der Waals surface area contributed by atoms with Gasteiger partial charge in [-0.2, -0.15) is 0 Å². The quantitative estimate of drug-likeness (QED) is 0.531. The van der Waals surface area contributed by atoms with Crippen LogP contribution in [0.3, 0.4) is 0 Å². The third kappa shape index (κ3) is 3.65. The lowest BCUT2D eigenvalue weighted by atomic mass is 10.1. The molecule has 1 fully saturated rings. The fourth-order valence-electron chi connectivity index (χ4n) is 3.26. The van der Waals surface area contributed by atoms with Crippen LogP contribution in [0.15, 0.2) is 66.4 Å². The van der Waals surface area contributed by atoms with Crippen molar-refractivity contribution >= 4 is 28.8 Å². The van der Waals surface area contributed by atoms with Gasteiger partial charge < -0.3 is 14.8 Å². The molecule has 1 aliphatic rings. The van der Waals surface area contributed by atoms with Crippen LogP contribution in [0.5, 0.6) is 11.5 Å². The molecule has 29 heavy (non-hydrogen) atoms. The molecule has 4 rings (SSSR count). The first-order chi connectivity index (χ1) is 14.1. The van der Waals surface area contributed by atoms with Crippen LogP contribution < -0.4 is 14.8 Å². The molecule has 0 bridgehead atoms. The lowest BCUT2D eigenvalue weighted by Crippen LogP contribution is -2.25. The molecule has 0 aromatic heterocycles. The molecule has 6 nitrogen and oxygen atoms in total. The summed E-state index contributed by atoms with van der Waals surface area (Å²) < 4.78 is 11.5. The molecule has 0 atom stereocenters. The molecule has 3 amide bonds. The summed E-state index contributed by atoms with van der Waals surface area (Å²) in [6.07, 6.45) is 1.61. The number of ether oxygens (including phenoxy) is 2. The van der Waals surface area contributed by atoms with E-state index >= 15 is 0 Å². The number of carbonyl (C=O) groups excluding carboxylic acids is 2. The van der Waals surface area contributed by atoms with Crippen LogP contribution in [-0.4, -0.2) is 31.0 Å². The number of nitrogens with zero attached hydrogens (tertiary/aromatic N) is 1. The summed E-state index contributed by atoms with van der Waals surface area (Å²) in [7, 11) is 3.00. The smallest absolute Gasteiger partial charge is 0.328 e. The Kier molecular flexibility index (Phi) is 4.91. The van der Waals surface area contributed by atoms with E-state index in [9.17, 15) is 9.59 Å². The molecule has 3 aromatic carbocycles. The molecule has 0 radical (unpaired) electrons. The molecule has 1 heterocycles. The minimum Gasteiger partial charge on any atom is -0.493 e. The number of hydrogen-bond donors (Lipinski definition) is 1. The molecular weight excluding hydrogens is 368 g/mol. The number of likely N-dealkylation sites (N-methyl/N-ethyl adjacent to an activating group) is 1. The molecule has 0 saturated carbocycles. The van der Waals surface area contributed by atoms with E-state index in [1.807, 2.05) is 30.3 Å². The first-order valence-corrected chi connectivity index (χ1v) is 9.15. The van der Waals surface area contributed by atoms with Crippen LogP contribution in [0.25, 0.3) is 16.8 Å². The van der Waals surface area contributed by atoms with Crippen molar-refractivity contribution in [2.45, 2.75) is 6.61 Å². The van der Waals surface area contributed by atoms with Gasteiger partial charge in [-0.25, -0.2) is 4.79 Å². The highest BCUT2D eigenvalue weighted by atomic mass is 16.5. The summed E-state index contributed by atoms with van der Waals surface area (Å²) in [4.78, 5) is 24.6. The number of carbonyl (C=O) groups is 2. The van der Waals surface area contributed by atoms with Crippen LogP contribution in [0.2, 0.25) is 0 Å². The first kappa shape index (κ1) is 18.6. The van der Waals surface area contributed by atoms with Crippen LogP contribution in [0, 0.1) is 0 Å². The lowest BCUT2D eigenvalue weighted by Gasteiger charge is -2.13. The van der Waals surface area contributed by atoms with Gasteiger partial charge in [-0.1, -0.05) is 48.5 Å². The topological polar surface area (TPSA) is 67.9 Å². The Morgan fingerprint density at radius 2 is 1.79 bits per heavy atom. The number of urea groups is 1. The van der Waals surface area contributed by atoms with Gasteiger partial charge in [0.25, 0.3) is 5.91 Å². The summed E-state index contributed by atoms with van der Waals surface area (Å²) in [5.41, 5.74) is 2.03. The molecule has 1 N–H and O–H groups in total. The van der Waals surface area contributed by atoms with Gasteiger partial charge in [-0.05, 0) is 40.1 Å². The Morgan fingerprint density at radius 1 is 1.00 bits per heavy atom. The molecule has 0 aliphatic carbocycles. The molecule has 1 saturated heterocycles. The maximum atomic E-state index is 12.0. The molecule has 6 heteroatoms. The van der Waals surface area contributed by atoms with E-state index in [2.05, 4.69) is 23.5 Å². The summed E-state index contributed by atoms with van der Waals surface area (Å²) >= 11 is 0. The fraction of sp³-hybridized carbons (Fsp3) is 0.130. The van der Waals surface area contributed by atoms with Gasteiger partial charge in [0.15, 0.2) is 11.5 Å². The molecular formula is C23H20N2O4. The minimum atomic E-state index is -0.441. The maximum Gasteiger partial charge on any atom is 0.328 e. The van der Waals surface area contributed by atoms with E-state index < -0.39 is 6.03 Å². The standard InChI is InChI=1S/C23H20N2O4/c1-25-22(26)19(24-23(25)27)12-15-10-11-20(21(13-15)28-2)29-14-17-8-5-7-16-6-3-4-9-18(16)17/h3-13H,14H2,1-2H3,(H,24,27)/b19-12+. The van der Waals surface area contributed by atoms with Crippen molar-refractivity contribution in [1.29, 1.82) is 0 Å². The van der Waals surface area contributed by atoms with E-state index in [1.54, 1.807) is 25.3 Å². The summed E-state index contributed by atoms with van der Waals surface area (Å²) in [6, 6.07) is 19.2. The zero-order valence-corrected chi connectivity index (χ0v) is 16.1. The van der Waals surface area contributed by atoms with Crippen molar-refractivity contribution in [2.24, 2.45) is 0 Å². The van der Waals surface area contributed by atoms with Gasteiger partial charge in [0.2, 0.25) is 0 Å². The van der Waals surface area contributed by atoms with Gasteiger partial charge in [0.05, 0.1) is 7.11 Å². The highest BCUT2D eigenvalue weighted by molar-refractivity contribution is 6.13. The van der Waals surface area contributed by atoms with Crippen molar-refractivity contribution in [3.05, 3.63) is 77.5 Å². The van der Waals surface area contributed by atoms with E-state index in [4.69, 9.17) is 9.47 Å². The number of imide groups is 1. The molecule has 1 aliphatic heterocycles. The van der Waals surface area contributed by atoms with E-state index in [0.717, 1.165) is 26.8 Å². The Morgan fingerprint density at radius 3 is 2.55 bits per heavy atom. The number of rotatable bonds is 5. The van der Waals surface area contributed by atoms with Crippen LogP contribution in [0.4, 0.5) is 4.79 Å². The maximum absolute atomic E-state index is 12.0. The van der Waals surface area contributed by atoms with Crippen LogP contribution in [-0.2, 0) is 11.4 Å². The average Bonchev–Trinajstić information content (AvgIpc) is 2.99. The highest BCUT2D eigenvalue weighted by Crippen LogP contribution is 2.30. The van der Waals surface area contributed by atoms with Gasteiger partial charge in [0.1, 0.15) is 12.3 Å². The number of nitrogens with one attached hydrogen (secondary N) is 1. The van der Waals surface area contributed by atoms with Gasteiger partial charge in [-0.15, -0.1) is 0 Å². The number of methoxy groups -OCH3 is 1. The zero-order chi connectivity index (χ0) is 20.4. The van der Waals surface area contributed by atoms with Crippen molar-refractivity contribution < 1.29 is 19.1 Å². The first-order valence-electron chi connectivity index (χ1n) is 9.15. The van der Waals surface area contributed by atoms with E-state index in [0.29, 0.717) is 18.1 Å². The Bertz CT molecular complexity index is 1130. The molecule has 0 unspecified atom stereocenters. The third-order valence-electron chi connectivity index (χ3n) is 4.84. The normalized spacial score (nSPS) is 15.1. The van der Waals surface area contributed by atoms with Crippen molar-refractivity contribution in [2.75, 3.05) is 14.2 Å². The van der Waals surface area contributed by atoms with Crippen LogP contribution >= 0.6 is 0 Å². The number of hydrogen-bond acceptors (Lipinski definition) is 4. The third-order valence-corrected chi connectivity index (χ3v) is 4.84. The van der Waals surface area contributed by atoms with Crippen LogP contribution in [0.1, 0.15) is 11.1 Å². The Labute approximate surface area is 168 Å². The number of benzene rings is 3. The number of fused-ring (bicyclic) bond motifs is 1. The van der Waals surface area contributed by atoms with E-state index in [-0.39, 0.29) is 11.6 Å². The fourth-order valence-corrected chi connectivity index (χ4v) is 3.26. The predicted octanol–water partition coefficient (Wildman–Crippen LogP) is 3.95. The molecule has 146 valence electrons.